The van der Waals surface area contributed by atoms with Crippen LogP contribution in [0.2, 0.25) is 0 Å². The number of allylic oxidation sites excluding steroid dienone is 2. The Bertz CT molecular complexity index is 588. The summed E-state index contributed by atoms with van der Waals surface area (Å²) in [5, 5.41) is 0. The van der Waals surface area contributed by atoms with Gasteiger partial charge < -0.3 is 4.74 Å². The lowest BCUT2D eigenvalue weighted by Gasteiger charge is -2.03. The van der Waals surface area contributed by atoms with Gasteiger partial charge in [-0.1, -0.05) is 74.0 Å². The normalized spacial score (nSPS) is 10.3. The van der Waals surface area contributed by atoms with E-state index in [1.807, 2.05) is 26.6 Å². The van der Waals surface area contributed by atoms with Crippen LogP contribution in [0.5, 0.6) is 0 Å². The Morgan fingerprint density at radius 1 is 1.12 bits per heavy atom. The average molecular weight is 424 g/mol. The molecule has 0 amide bonds. The number of benzene rings is 1. The van der Waals surface area contributed by atoms with Crippen molar-refractivity contribution in [1.29, 1.82) is 0 Å². The molecule has 146 valence electrons. The number of nitrogens with zero attached hydrogens (tertiary/aromatic N) is 2. The molecule has 0 unspecified atom stereocenters. The Labute approximate surface area is 168 Å². The van der Waals surface area contributed by atoms with E-state index < -0.39 is 0 Å². The Morgan fingerprint density at radius 3 is 2.31 bits per heavy atom. The smallest absolute Gasteiger partial charge is 0.244 e. The largest absolute Gasteiger partial charge is 0.377 e. The Hall–Kier alpha value is -1.39. The minimum absolute atomic E-state index is 0.609. The third kappa shape index (κ3) is 10.6. The molecule has 0 saturated carbocycles. The molecule has 0 saturated heterocycles. The number of imidazole rings is 1. The molecule has 1 aromatic heterocycles. The molecule has 4 heteroatoms. The first-order valence-electron chi connectivity index (χ1n) is 9.42. The Morgan fingerprint density at radius 2 is 1.73 bits per heavy atom. The lowest BCUT2D eigenvalue weighted by atomic mass is 10.1. The summed E-state index contributed by atoms with van der Waals surface area (Å²) in [4.78, 5) is 0. The van der Waals surface area contributed by atoms with E-state index in [0.717, 1.165) is 19.7 Å². The molecule has 0 aliphatic carbocycles. The van der Waals surface area contributed by atoms with Crippen LogP contribution in [0.4, 0.5) is 0 Å². The van der Waals surface area contributed by atoms with Gasteiger partial charge in [0.15, 0.2) is 0 Å². The molecular weight excluding hydrogens is 388 g/mol. The van der Waals surface area contributed by atoms with Crippen LogP contribution in [-0.2, 0) is 24.4 Å². The predicted octanol–water partition coefficient (Wildman–Crippen LogP) is 5.61. The summed E-state index contributed by atoms with van der Waals surface area (Å²) < 4.78 is 9.83. The highest BCUT2D eigenvalue weighted by Crippen LogP contribution is 2.05. The molecule has 2 rings (SSSR count). The van der Waals surface area contributed by atoms with Gasteiger partial charge >= 0.3 is 0 Å². The zero-order valence-corrected chi connectivity index (χ0v) is 18.9. The van der Waals surface area contributed by atoms with Crippen molar-refractivity contribution >= 4 is 15.9 Å². The first-order valence-corrected chi connectivity index (χ1v) is 11.0. The Kier molecular flexibility index (Phi) is 15.0. The topological polar surface area (TPSA) is 18.0 Å². The summed E-state index contributed by atoms with van der Waals surface area (Å²) in [6.07, 6.45) is 10.9. The van der Waals surface area contributed by atoms with Crippen molar-refractivity contribution < 1.29 is 9.30 Å². The van der Waals surface area contributed by atoms with Gasteiger partial charge in [0, 0.05) is 6.61 Å². The molecule has 3 nitrogen and oxygen atoms in total. The van der Waals surface area contributed by atoms with Crippen molar-refractivity contribution in [2.45, 2.75) is 54.3 Å². The van der Waals surface area contributed by atoms with Crippen molar-refractivity contribution in [3.05, 3.63) is 66.3 Å². The minimum atomic E-state index is 0.609. The number of rotatable bonds is 8. The maximum Gasteiger partial charge on any atom is 0.244 e. The fraction of sp³-hybridized carbons (Fsp3) is 0.500. The third-order valence-corrected chi connectivity index (χ3v) is 3.44. The van der Waals surface area contributed by atoms with Crippen LogP contribution in [0.1, 0.15) is 45.7 Å². The Balaban J connectivity index is 0.00000146. The summed E-state index contributed by atoms with van der Waals surface area (Å²) in [5.41, 5.74) is 2.53. The molecule has 0 spiro atoms. The summed E-state index contributed by atoms with van der Waals surface area (Å²) in [7, 11) is 0. The van der Waals surface area contributed by atoms with Gasteiger partial charge in [-0.3, -0.25) is 0 Å². The molecule has 0 bridgehead atoms. The first-order chi connectivity index (χ1) is 12.7. The monoisotopic (exact) mass is 423 g/mol. The SMILES string of the molecule is CBr.CC.CCOCc1ccc(C[n+]2ccn(C/C=C/C(C)C)c2)cc1. The summed E-state index contributed by atoms with van der Waals surface area (Å²) in [5.74, 6) is 2.42. The summed E-state index contributed by atoms with van der Waals surface area (Å²) in [6.45, 7) is 13.7. The molecule has 0 aliphatic rings. The number of alkyl halides is 1. The van der Waals surface area contributed by atoms with Crippen molar-refractivity contribution in [2.75, 3.05) is 12.4 Å². The van der Waals surface area contributed by atoms with Crippen LogP contribution < -0.4 is 4.57 Å². The van der Waals surface area contributed by atoms with Crippen molar-refractivity contribution in [2.24, 2.45) is 5.92 Å². The van der Waals surface area contributed by atoms with Crippen LogP contribution in [0.15, 0.2) is 55.1 Å². The summed E-state index contributed by atoms with van der Waals surface area (Å²) >= 11 is 2.94. The number of aromatic nitrogens is 2. The van der Waals surface area contributed by atoms with Gasteiger partial charge in [0.05, 0.1) is 6.61 Å². The van der Waals surface area contributed by atoms with Crippen molar-refractivity contribution in [3.8, 4) is 0 Å². The van der Waals surface area contributed by atoms with Gasteiger partial charge in [-0.25, -0.2) is 9.13 Å². The van der Waals surface area contributed by atoms with Crippen LogP contribution in [-0.4, -0.2) is 17.0 Å². The van der Waals surface area contributed by atoms with Gasteiger partial charge in [0.2, 0.25) is 6.33 Å². The van der Waals surface area contributed by atoms with Crippen LogP contribution >= 0.6 is 15.9 Å². The molecule has 0 fully saturated rings. The van der Waals surface area contributed by atoms with Gasteiger partial charge in [-0.05, 0) is 35.9 Å². The van der Waals surface area contributed by atoms with Gasteiger partial charge in [-0.2, -0.15) is 0 Å². The van der Waals surface area contributed by atoms with E-state index in [-0.39, 0.29) is 0 Å². The number of hydrogen-bond donors (Lipinski definition) is 0. The van der Waals surface area contributed by atoms with E-state index in [1.54, 1.807) is 0 Å². The minimum Gasteiger partial charge on any atom is -0.377 e. The number of ether oxygens (including phenoxy) is 1. The van der Waals surface area contributed by atoms with E-state index in [2.05, 4.69) is 94.1 Å². The highest BCUT2D eigenvalue weighted by Gasteiger charge is 2.04. The second-order valence-corrected chi connectivity index (χ2v) is 5.91. The van der Waals surface area contributed by atoms with E-state index in [1.165, 1.54) is 11.1 Å². The average Bonchev–Trinajstić information content (AvgIpc) is 3.11. The fourth-order valence-corrected chi connectivity index (χ4v) is 2.27. The van der Waals surface area contributed by atoms with E-state index in [0.29, 0.717) is 12.5 Å². The first kappa shape index (κ1) is 24.6. The summed E-state index contributed by atoms with van der Waals surface area (Å²) in [6, 6.07) is 8.65. The second kappa shape index (κ2) is 15.8. The molecule has 0 radical (unpaired) electrons. The predicted molar refractivity (Wildman–Crippen MR) is 116 cm³/mol. The van der Waals surface area contributed by atoms with Crippen LogP contribution in [0.25, 0.3) is 0 Å². The van der Waals surface area contributed by atoms with Crippen LogP contribution in [0.3, 0.4) is 0 Å². The molecular formula is C22H36BrN2O+. The van der Waals surface area contributed by atoms with Crippen LogP contribution in [0, 0.1) is 5.92 Å². The molecule has 1 aromatic carbocycles. The molecule has 1 heterocycles. The molecule has 0 aliphatic heterocycles. The van der Waals surface area contributed by atoms with E-state index in [4.69, 9.17) is 4.74 Å². The second-order valence-electron chi connectivity index (χ2n) is 5.91. The highest BCUT2D eigenvalue weighted by molar-refractivity contribution is 9.08. The maximum atomic E-state index is 5.42. The highest BCUT2D eigenvalue weighted by atomic mass is 79.9. The zero-order valence-electron chi connectivity index (χ0n) is 17.3. The lowest BCUT2D eigenvalue weighted by molar-refractivity contribution is -0.687. The van der Waals surface area contributed by atoms with Gasteiger partial charge in [0.25, 0.3) is 0 Å². The quantitative estimate of drug-likeness (QED) is 0.306. The van der Waals surface area contributed by atoms with Gasteiger partial charge in [-0.15, -0.1) is 0 Å². The van der Waals surface area contributed by atoms with E-state index in [9.17, 15) is 0 Å². The maximum absolute atomic E-state index is 5.42. The number of halogens is 1. The zero-order chi connectivity index (χ0) is 19.8. The van der Waals surface area contributed by atoms with Gasteiger partial charge in [0.1, 0.15) is 25.5 Å². The molecule has 0 N–H and O–H groups in total. The standard InChI is InChI=1S/C19H27N2O.C2H6.CH3Br/c1-4-22-15-19-9-7-18(8-10-19)14-21-13-12-20(16-21)11-5-6-17(2)3;2*1-2/h5-10,12-13,16-17H,4,11,14-15H2,1-3H3;1-2H3;1H3/q+1;;/b6-5+;;. The third-order valence-electron chi connectivity index (χ3n) is 3.44. The number of hydrogen-bond acceptors (Lipinski definition) is 1. The lowest BCUT2D eigenvalue weighted by Crippen LogP contribution is -2.31. The van der Waals surface area contributed by atoms with E-state index >= 15 is 0 Å². The molecule has 26 heavy (non-hydrogen) atoms. The van der Waals surface area contributed by atoms with Crippen molar-refractivity contribution in [1.82, 2.24) is 4.57 Å². The fourth-order valence-electron chi connectivity index (χ4n) is 2.27. The van der Waals surface area contributed by atoms with Crippen molar-refractivity contribution in [3.63, 3.8) is 0 Å². The molecule has 2 aromatic rings. The molecule has 0 atom stereocenters.